The van der Waals surface area contributed by atoms with E-state index in [0.29, 0.717) is 11.4 Å². The molecule has 1 aromatic carbocycles. The highest BCUT2D eigenvalue weighted by molar-refractivity contribution is 6.33. The third-order valence-electron chi connectivity index (χ3n) is 3.19. The van der Waals surface area contributed by atoms with Crippen molar-refractivity contribution in [3.63, 3.8) is 0 Å². The van der Waals surface area contributed by atoms with Gasteiger partial charge in [0.25, 0.3) is 0 Å². The van der Waals surface area contributed by atoms with E-state index < -0.39 is 0 Å². The molecule has 112 valence electrons. The minimum Gasteiger partial charge on any atom is -0.307 e. The molecule has 1 heterocycles. The van der Waals surface area contributed by atoms with Crippen molar-refractivity contribution < 1.29 is 0 Å². The fourth-order valence-electron chi connectivity index (χ4n) is 2.08. The summed E-state index contributed by atoms with van der Waals surface area (Å²) < 4.78 is 0. The lowest BCUT2D eigenvalue weighted by molar-refractivity contribution is 0.504. The average molecular weight is 324 g/mol. The van der Waals surface area contributed by atoms with Crippen LogP contribution in [0.4, 0.5) is 0 Å². The van der Waals surface area contributed by atoms with Crippen molar-refractivity contribution in [2.45, 2.75) is 32.7 Å². The van der Waals surface area contributed by atoms with E-state index in [4.69, 9.17) is 23.2 Å². The summed E-state index contributed by atoms with van der Waals surface area (Å²) in [6, 6.07) is 5.55. The number of nitrogens with one attached hydrogen (secondary N) is 1. The van der Waals surface area contributed by atoms with Crippen LogP contribution < -0.4 is 5.32 Å². The Morgan fingerprint density at radius 2 is 1.90 bits per heavy atom. The normalized spacial score (nSPS) is 12.4. The highest BCUT2D eigenvalue weighted by Crippen LogP contribution is 2.25. The third-order valence-corrected chi connectivity index (χ3v) is 3.79. The molecule has 1 N–H and O–H groups in total. The molecule has 1 aromatic heterocycles. The Hall–Kier alpha value is -1.16. The van der Waals surface area contributed by atoms with Gasteiger partial charge in [0.15, 0.2) is 0 Å². The predicted molar refractivity (Wildman–Crippen MR) is 88.0 cm³/mol. The van der Waals surface area contributed by atoms with Crippen molar-refractivity contribution in [3.05, 3.63) is 57.6 Å². The minimum atomic E-state index is 0.0292. The molecule has 0 aliphatic carbocycles. The molecule has 2 aromatic rings. The molecule has 0 saturated carbocycles. The van der Waals surface area contributed by atoms with Crippen LogP contribution in [-0.4, -0.2) is 16.5 Å². The highest BCUT2D eigenvalue weighted by Gasteiger charge is 2.16. The maximum atomic E-state index is 6.26. The second-order valence-corrected chi connectivity index (χ2v) is 5.91. The molecule has 5 heteroatoms. The first-order valence-corrected chi connectivity index (χ1v) is 7.81. The van der Waals surface area contributed by atoms with Gasteiger partial charge in [0, 0.05) is 22.4 Å². The number of benzene rings is 1. The molecule has 0 spiro atoms. The summed E-state index contributed by atoms with van der Waals surface area (Å²) in [4.78, 5) is 8.86. The lowest BCUT2D eigenvalue weighted by Crippen LogP contribution is -2.26. The molecular formula is C16H19Cl2N3. The van der Waals surface area contributed by atoms with Gasteiger partial charge in [-0.3, -0.25) is 0 Å². The summed E-state index contributed by atoms with van der Waals surface area (Å²) in [7, 11) is 0. The molecule has 1 unspecified atom stereocenters. The van der Waals surface area contributed by atoms with Gasteiger partial charge in [0.1, 0.15) is 5.82 Å². The van der Waals surface area contributed by atoms with E-state index in [-0.39, 0.29) is 6.04 Å². The number of aromatic nitrogens is 2. The second kappa shape index (κ2) is 7.74. The molecule has 2 rings (SSSR count). The van der Waals surface area contributed by atoms with Crippen molar-refractivity contribution in [2.75, 3.05) is 6.54 Å². The maximum absolute atomic E-state index is 6.26. The lowest BCUT2D eigenvalue weighted by Gasteiger charge is -2.18. The summed E-state index contributed by atoms with van der Waals surface area (Å²) in [5, 5.41) is 4.88. The molecule has 0 radical (unpaired) electrons. The lowest BCUT2D eigenvalue weighted by atomic mass is 10.0. The van der Waals surface area contributed by atoms with Gasteiger partial charge in [0.05, 0.1) is 6.04 Å². The third kappa shape index (κ3) is 4.67. The number of hydrogen-bond acceptors (Lipinski definition) is 3. The van der Waals surface area contributed by atoms with Crippen molar-refractivity contribution in [1.82, 2.24) is 15.3 Å². The zero-order valence-electron chi connectivity index (χ0n) is 12.2. The van der Waals surface area contributed by atoms with Crippen LogP contribution >= 0.6 is 23.2 Å². The molecule has 21 heavy (non-hydrogen) atoms. The van der Waals surface area contributed by atoms with Crippen LogP contribution in [0.3, 0.4) is 0 Å². The monoisotopic (exact) mass is 323 g/mol. The molecule has 0 bridgehead atoms. The van der Waals surface area contributed by atoms with Gasteiger partial charge < -0.3 is 5.32 Å². The van der Waals surface area contributed by atoms with Crippen LogP contribution in [0.15, 0.2) is 30.6 Å². The van der Waals surface area contributed by atoms with Crippen LogP contribution in [0.5, 0.6) is 0 Å². The van der Waals surface area contributed by atoms with Gasteiger partial charge >= 0.3 is 0 Å². The Balaban J connectivity index is 2.23. The molecule has 0 fully saturated rings. The summed E-state index contributed by atoms with van der Waals surface area (Å²) in [5.41, 5.74) is 2.05. The highest BCUT2D eigenvalue weighted by atomic mass is 35.5. The standard InChI is InChI=1S/C16H19Cl2N3/c1-3-6-19-15(16-20-9-11(2)10-21-16)8-12-7-13(17)4-5-14(12)18/h4-5,7,9-10,15,19H,3,6,8H2,1-2H3. The van der Waals surface area contributed by atoms with E-state index in [1.54, 1.807) is 6.07 Å². The van der Waals surface area contributed by atoms with E-state index >= 15 is 0 Å². The van der Waals surface area contributed by atoms with Gasteiger partial charge in [-0.1, -0.05) is 30.1 Å². The Morgan fingerprint density at radius 3 is 2.57 bits per heavy atom. The summed E-state index contributed by atoms with van der Waals surface area (Å²) in [6.07, 6.45) is 5.43. The Labute approximate surface area is 135 Å². The fraction of sp³-hybridized carbons (Fsp3) is 0.375. The molecule has 0 amide bonds. The SMILES string of the molecule is CCCNC(Cc1cc(Cl)ccc1Cl)c1ncc(C)cn1. The molecular weight excluding hydrogens is 305 g/mol. The number of hydrogen-bond donors (Lipinski definition) is 1. The Morgan fingerprint density at radius 1 is 1.19 bits per heavy atom. The quantitative estimate of drug-likeness (QED) is 0.857. The number of rotatable bonds is 6. The summed E-state index contributed by atoms with van der Waals surface area (Å²) in [6.45, 7) is 5.01. The zero-order chi connectivity index (χ0) is 15.2. The van der Waals surface area contributed by atoms with Crippen LogP contribution in [0, 0.1) is 6.92 Å². The zero-order valence-corrected chi connectivity index (χ0v) is 13.7. The number of halogens is 2. The van der Waals surface area contributed by atoms with Crippen molar-refractivity contribution in [1.29, 1.82) is 0 Å². The smallest absolute Gasteiger partial charge is 0.145 e. The first kappa shape index (κ1) is 16.2. The second-order valence-electron chi connectivity index (χ2n) is 5.07. The predicted octanol–water partition coefficient (Wildman–Crippen LogP) is 4.38. The van der Waals surface area contributed by atoms with Crippen LogP contribution in [0.2, 0.25) is 10.0 Å². The fourth-order valence-corrected chi connectivity index (χ4v) is 2.46. The van der Waals surface area contributed by atoms with Crippen LogP contribution in [0.25, 0.3) is 0 Å². The maximum Gasteiger partial charge on any atom is 0.145 e. The van der Waals surface area contributed by atoms with Crippen molar-refractivity contribution in [2.24, 2.45) is 0 Å². The minimum absolute atomic E-state index is 0.0292. The van der Waals surface area contributed by atoms with E-state index in [9.17, 15) is 0 Å². The summed E-state index contributed by atoms with van der Waals surface area (Å²) >= 11 is 12.3. The van der Waals surface area contributed by atoms with Crippen LogP contribution in [-0.2, 0) is 6.42 Å². The largest absolute Gasteiger partial charge is 0.307 e. The first-order chi connectivity index (χ1) is 10.1. The summed E-state index contributed by atoms with van der Waals surface area (Å²) in [5.74, 6) is 0.782. The topological polar surface area (TPSA) is 37.8 Å². The Bertz CT molecular complexity index is 585. The molecule has 0 aliphatic heterocycles. The average Bonchev–Trinajstić information content (AvgIpc) is 2.48. The van der Waals surface area contributed by atoms with Gasteiger partial charge in [-0.05, 0) is 55.6 Å². The molecule has 0 aliphatic rings. The van der Waals surface area contributed by atoms with Gasteiger partial charge in [-0.15, -0.1) is 0 Å². The Kier molecular flexibility index (Phi) is 5.97. The molecule has 3 nitrogen and oxygen atoms in total. The van der Waals surface area contributed by atoms with Gasteiger partial charge in [0.2, 0.25) is 0 Å². The first-order valence-electron chi connectivity index (χ1n) is 7.06. The van der Waals surface area contributed by atoms with Gasteiger partial charge in [-0.25, -0.2) is 9.97 Å². The van der Waals surface area contributed by atoms with Crippen LogP contribution in [0.1, 0.15) is 36.3 Å². The van der Waals surface area contributed by atoms with E-state index in [1.165, 1.54) is 0 Å². The van der Waals surface area contributed by atoms with Crippen molar-refractivity contribution >= 4 is 23.2 Å². The number of aryl methyl sites for hydroxylation is 1. The number of nitrogens with zero attached hydrogens (tertiary/aromatic N) is 2. The van der Waals surface area contributed by atoms with Gasteiger partial charge in [-0.2, -0.15) is 0 Å². The molecule has 1 atom stereocenters. The molecule has 0 saturated heterocycles. The van der Waals surface area contributed by atoms with Crippen molar-refractivity contribution in [3.8, 4) is 0 Å². The van der Waals surface area contributed by atoms with E-state index in [0.717, 1.165) is 34.9 Å². The van der Waals surface area contributed by atoms with E-state index in [1.807, 2.05) is 31.5 Å². The van der Waals surface area contributed by atoms with E-state index in [2.05, 4.69) is 22.2 Å².